The first-order valence-corrected chi connectivity index (χ1v) is 13.8. The zero-order valence-electron chi connectivity index (χ0n) is 21.7. The van der Waals surface area contributed by atoms with Crippen molar-refractivity contribution in [1.82, 2.24) is 10.6 Å². The largest absolute Gasteiger partial charge is 0.391 e. The van der Waals surface area contributed by atoms with Crippen LogP contribution < -0.4 is 16.4 Å². The highest BCUT2D eigenvalue weighted by atomic mass is 32.1. The standard InChI is InChI=1S/C30H33F2N5OS/c1-2-36-10-3-5-22(34)13-23-14-24(19-6-7-20(16-33)26(31)12-19)29(39-23)25-11-21(28(35)15-27(25)32)17-37-18-30(38)8-4-9-30/h2,6-7,11-12,14-15,17,22,35-38H,1,3-5,8-10,13,18,34H2/b21-17-,35-28?. The van der Waals surface area contributed by atoms with Crippen LogP contribution in [0.5, 0.6) is 0 Å². The number of hydrogen-bond acceptors (Lipinski definition) is 7. The summed E-state index contributed by atoms with van der Waals surface area (Å²) in [5.41, 5.74) is 7.54. The molecule has 1 unspecified atom stereocenters. The Morgan fingerprint density at radius 2 is 2.05 bits per heavy atom. The Balaban J connectivity index is 1.67. The van der Waals surface area contributed by atoms with Gasteiger partial charge in [0.2, 0.25) is 0 Å². The lowest BCUT2D eigenvalue weighted by atomic mass is 9.80. The van der Waals surface area contributed by atoms with Crippen LogP contribution in [0.2, 0.25) is 0 Å². The molecule has 0 radical (unpaired) electrons. The predicted octanol–water partition coefficient (Wildman–Crippen LogP) is 5.47. The molecule has 39 heavy (non-hydrogen) atoms. The molecule has 2 aliphatic carbocycles. The van der Waals surface area contributed by atoms with Crippen LogP contribution in [0.15, 0.2) is 66.8 Å². The third-order valence-electron chi connectivity index (χ3n) is 7.04. The van der Waals surface area contributed by atoms with E-state index in [4.69, 9.17) is 16.4 Å². The Morgan fingerprint density at radius 1 is 1.26 bits per heavy atom. The van der Waals surface area contributed by atoms with Crippen LogP contribution in [0.1, 0.15) is 47.4 Å². The van der Waals surface area contributed by atoms with E-state index in [1.807, 2.05) is 12.1 Å². The second kappa shape index (κ2) is 12.5. The zero-order chi connectivity index (χ0) is 28.0. The molecule has 1 aromatic carbocycles. The van der Waals surface area contributed by atoms with Gasteiger partial charge in [-0.3, -0.25) is 0 Å². The van der Waals surface area contributed by atoms with Crippen molar-refractivity contribution < 1.29 is 13.9 Å². The fourth-order valence-corrected chi connectivity index (χ4v) is 5.94. The van der Waals surface area contributed by atoms with E-state index in [-0.39, 0.29) is 17.3 Å². The summed E-state index contributed by atoms with van der Waals surface area (Å²) in [4.78, 5) is 1.53. The number of aliphatic hydroxyl groups is 1. The summed E-state index contributed by atoms with van der Waals surface area (Å²) in [6.07, 6.45) is 10.7. The Hall–Kier alpha value is -3.58. The number of nitrogens with zero attached hydrogens (tertiary/aromatic N) is 1. The molecule has 0 bridgehead atoms. The van der Waals surface area contributed by atoms with E-state index in [0.717, 1.165) is 43.5 Å². The summed E-state index contributed by atoms with van der Waals surface area (Å²) in [7, 11) is 0. The molecule has 6 N–H and O–H groups in total. The highest BCUT2D eigenvalue weighted by Crippen LogP contribution is 2.42. The molecule has 9 heteroatoms. The predicted molar refractivity (Wildman–Crippen MR) is 153 cm³/mol. The van der Waals surface area contributed by atoms with Gasteiger partial charge in [-0.1, -0.05) is 12.6 Å². The number of benzene rings is 1. The molecule has 1 saturated carbocycles. The number of nitrogens with two attached hydrogens (primary N) is 1. The topological polar surface area (TPSA) is 118 Å². The SMILES string of the molecule is C=CNCCCC(N)Cc1cc(-c2ccc(C#N)c(F)c2)c(C2=C/C(=C/NCC3(O)CCC3)C(=N)C=C2F)s1. The van der Waals surface area contributed by atoms with Gasteiger partial charge in [0.1, 0.15) is 17.7 Å². The van der Waals surface area contributed by atoms with E-state index in [2.05, 4.69) is 17.2 Å². The Bertz CT molecular complexity index is 1380. The van der Waals surface area contributed by atoms with Crippen molar-refractivity contribution in [3.63, 3.8) is 0 Å². The fourth-order valence-electron chi connectivity index (χ4n) is 4.66. The monoisotopic (exact) mass is 549 g/mol. The molecular formula is C30H33F2N5OS. The van der Waals surface area contributed by atoms with Crippen molar-refractivity contribution in [1.29, 1.82) is 10.7 Å². The zero-order valence-corrected chi connectivity index (χ0v) is 22.5. The van der Waals surface area contributed by atoms with Crippen LogP contribution in [-0.2, 0) is 6.42 Å². The van der Waals surface area contributed by atoms with Crippen molar-refractivity contribution in [3.8, 4) is 17.2 Å². The van der Waals surface area contributed by atoms with Crippen molar-refractivity contribution in [2.24, 2.45) is 5.73 Å². The van der Waals surface area contributed by atoms with Gasteiger partial charge in [0.05, 0.1) is 16.9 Å². The van der Waals surface area contributed by atoms with E-state index < -0.39 is 17.2 Å². The molecule has 0 amide bonds. The van der Waals surface area contributed by atoms with Crippen molar-refractivity contribution in [2.45, 2.75) is 50.2 Å². The fraction of sp³-hybridized carbons (Fsp3) is 0.333. The molecule has 0 spiro atoms. The Kier molecular flexibility index (Phi) is 9.12. The first-order chi connectivity index (χ1) is 18.7. The molecule has 0 aliphatic heterocycles. The van der Waals surface area contributed by atoms with E-state index in [1.165, 1.54) is 29.5 Å². The minimum atomic E-state index is -0.739. The number of allylic oxidation sites excluding steroid dienone is 5. The van der Waals surface area contributed by atoms with Gasteiger partial charge < -0.3 is 26.9 Å². The average molecular weight is 550 g/mol. The van der Waals surface area contributed by atoms with E-state index in [1.54, 1.807) is 24.5 Å². The summed E-state index contributed by atoms with van der Waals surface area (Å²) in [5, 5.41) is 33.9. The molecule has 2 aliphatic rings. The molecule has 1 atom stereocenters. The van der Waals surface area contributed by atoms with E-state index >= 15 is 4.39 Å². The maximum atomic E-state index is 15.4. The highest BCUT2D eigenvalue weighted by molar-refractivity contribution is 7.13. The second-order valence-corrected chi connectivity index (χ2v) is 11.2. The summed E-state index contributed by atoms with van der Waals surface area (Å²) in [6, 6.07) is 7.99. The number of nitriles is 1. The van der Waals surface area contributed by atoms with E-state index in [9.17, 15) is 9.50 Å². The molecule has 2 aromatic rings. The molecule has 204 valence electrons. The van der Waals surface area contributed by atoms with Gasteiger partial charge in [-0.2, -0.15) is 5.26 Å². The van der Waals surface area contributed by atoms with Gasteiger partial charge in [-0.25, -0.2) is 8.78 Å². The van der Waals surface area contributed by atoms with Crippen LogP contribution in [0.25, 0.3) is 16.7 Å². The normalized spacial score (nSPS) is 18.0. The molecular weight excluding hydrogens is 516 g/mol. The molecule has 0 saturated heterocycles. The number of thiophene rings is 1. The van der Waals surface area contributed by atoms with Gasteiger partial charge in [0.25, 0.3) is 0 Å². The van der Waals surface area contributed by atoms with Gasteiger partial charge in [-0.05, 0) is 74.6 Å². The Labute approximate surface area is 231 Å². The number of halogens is 2. The van der Waals surface area contributed by atoms with Gasteiger partial charge in [0.15, 0.2) is 0 Å². The van der Waals surface area contributed by atoms with Gasteiger partial charge in [-0.15, -0.1) is 11.3 Å². The van der Waals surface area contributed by atoms with Crippen molar-refractivity contribution in [2.75, 3.05) is 13.1 Å². The van der Waals surface area contributed by atoms with Crippen molar-refractivity contribution >= 4 is 22.6 Å². The Morgan fingerprint density at radius 3 is 2.72 bits per heavy atom. The molecule has 1 fully saturated rings. The summed E-state index contributed by atoms with van der Waals surface area (Å²) in [6.45, 7) is 4.77. The van der Waals surface area contributed by atoms with Gasteiger partial charge in [0, 0.05) is 57.9 Å². The van der Waals surface area contributed by atoms with Gasteiger partial charge >= 0.3 is 0 Å². The van der Waals surface area contributed by atoms with E-state index in [0.29, 0.717) is 40.1 Å². The smallest absolute Gasteiger partial charge is 0.141 e. The lowest BCUT2D eigenvalue weighted by Crippen LogP contribution is -2.45. The quantitative estimate of drug-likeness (QED) is 0.225. The third kappa shape index (κ3) is 6.90. The first-order valence-electron chi connectivity index (χ1n) is 13.0. The molecule has 6 nitrogen and oxygen atoms in total. The number of nitrogens with one attached hydrogen (secondary N) is 3. The van der Waals surface area contributed by atoms with Crippen LogP contribution in [0.3, 0.4) is 0 Å². The highest BCUT2D eigenvalue weighted by Gasteiger charge is 2.33. The average Bonchev–Trinajstić information content (AvgIpc) is 3.30. The lowest BCUT2D eigenvalue weighted by molar-refractivity contribution is -0.0287. The summed E-state index contributed by atoms with van der Waals surface area (Å²) in [5.74, 6) is -1.20. The number of rotatable bonds is 12. The van der Waals surface area contributed by atoms with Crippen LogP contribution in [0.4, 0.5) is 8.78 Å². The van der Waals surface area contributed by atoms with Crippen LogP contribution in [0, 0.1) is 22.6 Å². The third-order valence-corrected chi connectivity index (χ3v) is 8.23. The van der Waals surface area contributed by atoms with Crippen LogP contribution >= 0.6 is 11.3 Å². The summed E-state index contributed by atoms with van der Waals surface area (Å²) < 4.78 is 29.9. The molecule has 1 aromatic heterocycles. The maximum absolute atomic E-state index is 15.4. The lowest BCUT2D eigenvalue weighted by Gasteiger charge is -2.36. The second-order valence-electron chi connectivity index (χ2n) is 10.0. The molecule has 1 heterocycles. The maximum Gasteiger partial charge on any atom is 0.141 e. The van der Waals surface area contributed by atoms with Crippen LogP contribution in [-0.4, -0.2) is 35.6 Å². The molecule has 4 rings (SSSR count). The number of hydrogen-bond donors (Lipinski definition) is 5. The summed E-state index contributed by atoms with van der Waals surface area (Å²) >= 11 is 1.39. The first kappa shape index (κ1) is 28.4. The minimum Gasteiger partial charge on any atom is -0.391 e. The van der Waals surface area contributed by atoms with Crippen molar-refractivity contribution in [3.05, 3.63) is 87.9 Å². The minimum absolute atomic E-state index is 0.0160.